The van der Waals surface area contributed by atoms with Crippen molar-refractivity contribution >= 4 is 46.1 Å². The number of thiazole rings is 1. The van der Waals surface area contributed by atoms with E-state index in [0.29, 0.717) is 16.5 Å². The topological polar surface area (TPSA) is 54.8 Å². The molecule has 8 heteroatoms. The van der Waals surface area contributed by atoms with Crippen molar-refractivity contribution in [3.05, 3.63) is 49.2 Å². The number of fused-ring (bicyclic) bond motifs is 1. The molecule has 1 unspecified atom stereocenters. The number of hydrogen-bond acceptors (Lipinski definition) is 7. The molecule has 2 aromatic heterocycles. The molecule has 4 rings (SSSR count). The summed E-state index contributed by atoms with van der Waals surface area (Å²) >= 11 is 9.42. The minimum absolute atomic E-state index is 0.342. The van der Waals surface area contributed by atoms with E-state index in [4.69, 9.17) is 21.3 Å². The van der Waals surface area contributed by atoms with Gasteiger partial charge in [0.1, 0.15) is 6.04 Å². The fraction of sp³-hybridized carbons (Fsp3) is 0.353. The van der Waals surface area contributed by atoms with Crippen molar-refractivity contribution in [3.8, 4) is 0 Å². The van der Waals surface area contributed by atoms with Gasteiger partial charge in [-0.2, -0.15) is 0 Å². The van der Waals surface area contributed by atoms with Crippen molar-refractivity contribution in [2.45, 2.75) is 19.4 Å². The van der Waals surface area contributed by atoms with Gasteiger partial charge >= 0.3 is 5.97 Å². The molecule has 4 heterocycles. The predicted molar refractivity (Wildman–Crippen MR) is 100 cm³/mol. The summed E-state index contributed by atoms with van der Waals surface area (Å²) in [5.74, 6) is 0.902. The van der Waals surface area contributed by atoms with Crippen molar-refractivity contribution in [1.82, 2.24) is 9.88 Å². The van der Waals surface area contributed by atoms with Crippen LogP contribution in [-0.4, -0.2) is 35.3 Å². The number of ether oxygens (including phenoxy) is 1. The average molecular weight is 394 g/mol. The van der Waals surface area contributed by atoms with Crippen LogP contribution in [0, 0.1) is 5.92 Å². The second-order valence-corrected chi connectivity index (χ2v) is 8.35. The zero-order valence-corrected chi connectivity index (χ0v) is 16.1. The van der Waals surface area contributed by atoms with E-state index in [1.54, 1.807) is 17.5 Å². The van der Waals surface area contributed by atoms with Crippen LogP contribution in [0.15, 0.2) is 39.3 Å². The van der Waals surface area contributed by atoms with Gasteiger partial charge in [0.05, 0.1) is 22.6 Å². The Kier molecular flexibility index (Phi) is 4.39. The van der Waals surface area contributed by atoms with Gasteiger partial charge in [0.2, 0.25) is 0 Å². The van der Waals surface area contributed by atoms with Gasteiger partial charge in [-0.3, -0.25) is 4.99 Å². The quantitative estimate of drug-likeness (QED) is 0.736. The lowest BCUT2D eigenvalue weighted by Crippen LogP contribution is -2.35. The Balaban J connectivity index is 1.92. The van der Waals surface area contributed by atoms with Gasteiger partial charge in [-0.1, -0.05) is 18.5 Å². The molecule has 0 saturated carbocycles. The molecule has 0 aromatic carbocycles. The fourth-order valence-electron chi connectivity index (χ4n) is 3.34. The fourth-order valence-corrected chi connectivity index (χ4v) is 5.19. The Morgan fingerprint density at radius 3 is 2.88 bits per heavy atom. The highest BCUT2D eigenvalue weighted by molar-refractivity contribution is 7.11. The first-order valence-electron chi connectivity index (χ1n) is 7.89. The molecule has 2 aliphatic heterocycles. The van der Waals surface area contributed by atoms with E-state index in [1.165, 1.54) is 18.4 Å². The van der Waals surface area contributed by atoms with Gasteiger partial charge in [0.25, 0.3) is 0 Å². The van der Waals surface area contributed by atoms with E-state index >= 15 is 0 Å². The van der Waals surface area contributed by atoms with E-state index in [9.17, 15) is 4.79 Å². The summed E-state index contributed by atoms with van der Waals surface area (Å²) in [6.07, 6.45) is 2.59. The summed E-state index contributed by atoms with van der Waals surface area (Å²) in [6.45, 7) is 2.99. The van der Waals surface area contributed by atoms with Gasteiger partial charge in [-0.05, 0) is 23.8 Å². The number of nitrogens with zero attached hydrogens (tertiary/aromatic N) is 3. The summed E-state index contributed by atoms with van der Waals surface area (Å²) in [5, 5.41) is 5.33. The van der Waals surface area contributed by atoms with Gasteiger partial charge in [0, 0.05) is 23.8 Å². The van der Waals surface area contributed by atoms with E-state index in [2.05, 4.69) is 16.8 Å². The molecule has 2 aromatic rings. The highest BCUT2D eigenvalue weighted by atomic mass is 35.5. The summed E-state index contributed by atoms with van der Waals surface area (Å²) in [6, 6.07) is 1.39. The third kappa shape index (κ3) is 2.80. The first-order chi connectivity index (χ1) is 12.1. The van der Waals surface area contributed by atoms with Crippen LogP contribution in [0.3, 0.4) is 0 Å². The van der Waals surface area contributed by atoms with Crippen molar-refractivity contribution in [2.75, 3.05) is 13.7 Å². The van der Waals surface area contributed by atoms with Crippen molar-refractivity contribution in [3.63, 3.8) is 0 Å². The van der Waals surface area contributed by atoms with Crippen LogP contribution in [0.1, 0.15) is 29.3 Å². The molecule has 130 valence electrons. The number of esters is 1. The summed E-state index contributed by atoms with van der Waals surface area (Å²) < 4.78 is 5.08. The molecule has 0 bridgehead atoms. The Morgan fingerprint density at radius 1 is 1.40 bits per heavy atom. The van der Waals surface area contributed by atoms with E-state index < -0.39 is 6.04 Å². The second-order valence-electron chi connectivity index (χ2n) is 6.10. The van der Waals surface area contributed by atoms with Gasteiger partial charge in [-0.25, -0.2) is 9.78 Å². The minimum Gasteiger partial charge on any atom is -0.466 e. The summed E-state index contributed by atoms with van der Waals surface area (Å²) in [5.41, 5.74) is 1.57. The number of carbonyl (C=O) groups excluding carboxylic acids is 1. The SMILES string of the molecule is COC(=O)C1=C2C[C@H](C)CN2C(c2nccs2)=NC1c1sccc1Cl. The molecule has 0 N–H and O–H groups in total. The maximum absolute atomic E-state index is 12.6. The number of methoxy groups -OCH3 is 1. The number of allylic oxidation sites excluding steroid dienone is 1. The predicted octanol–water partition coefficient (Wildman–Crippen LogP) is 4.13. The highest BCUT2D eigenvalue weighted by Crippen LogP contribution is 2.45. The van der Waals surface area contributed by atoms with Crippen LogP contribution < -0.4 is 0 Å². The lowest BCUT2D eigenvalue weighted by atomic mass is 9.99. The first kappa shape index (κ1) is 16.8. The molecule has 0 amide bonds. The van der Waals surface area contributed by atoms with Crippen LogP contribution >= 0.6 is 34.3 Å². The molecular weight excluding hydrogens is 378 g/mol. The monoisotopic (exact) mass is 393 g/mol. The number of halogens is 1. The van der Waals surface area contributed by atoms with Crippen molar-refractivity contribution in [2.24, 2.45) is 10.9 Å². The second kappa shape index (κ2) is 6.55. The molecule has 0 aliphatic carbocycles. The number of carbonyl (C=O) groups is 1. The maximum atomic E-state index is 12.6. The third-order valence-corrected chi connectivity index (χ3v) is 6.56. The first-order valence-corrected chi connectivity index (χ1v) is 10.0. The molecule has 1 saturated heterocycles. The zero-order chi connectivity index (χ0) is 17.6. The molecule has 2 atom stereocenters. The highest BCUT2D eigenvalue weighted by Gasteiger charge is 2.41. The molecule has 2 aliphatic rings. The number of hydrogen-bond donors (Lipinski definition) is 0. The Bertz CT molecular complexity index is 872. The van der Waals surface area contributed by atoms with Crippen LogP contribution in [0.25, 0.3) is 0 Å². The number of rotatable bonds is 3. The molecular formula is C17H16ClN3O2S2. The van der Waals surface area contributed by atoms with Crippen molar-refractivity contribution in [1.29, 1.82) is 0 Å². The van der Waals surface area contributed by atoms with Crippen LogP contribution in [0.4, 0.5) is 0 Å². The smallest absolute Gasteiger partial charge is 0.338 e. The summed E-state index contributed by atoms with van der Waals surface area (Å²) in [7, 11) is 1.41. The Morgan fingerprint density at radius 2 is 2.24 bits per heavy atom. The molecule has 25 heavy (non-hydrogen) atoms. The van der Waals surface area contributed by atoms with Crippen LogP contribution in [0.5, 0.6) is 0 Å². The lowest BCUT2D eigenvalue weighted by molar-refractivity contribution is -0.136. The molecule has 5 nitrogen and oxygen atoms in total. The number of aliphatic imine (C=N–C) groups is 1. The number of amidine groups is 1. The van der Waals surface area contributed by atoms with Gasteiger partial charge < -0.3 is 9.64 Å². The molecule has 1 fully saturated rings. The normalized spacial score (nSPS) is 22.8. The largest absolute Gasteiger partial charge is 0.466 e. The maximum Gasteiger partial charge on any atom is 0.338 e. The lowest BCUT2D eigenvalue weighted by Gasteiger charge is -2.31. The number of aromatic nitrogens is 1. The van der Waals surface area contributed by atoms with Crippen molar-refractivity contribution < 1.29 is 9.53 Å². The standard InChI is InChI=1S/C17H16ClN3O2S2/c1-9-7-11-12(17(22)23-2)13(14-10(18)3-5-24-14)20-15(21(11)8-9)16-19-4-6-25-16/h3-6,9,13H,7-8H2,1-2H3/t9-,13?/m0/s1. The van der Waals surface area contributed by atoms with Crippen LogP contribution in [-0.2, 0) is 9.53 Å². The Labute approximate surface area is 158 Å². The molecule has 0 spiro atoms. The molecule has 0 radical (unpaired) electrons. The zero-order valence-electron chi connectivity index (χ0n) is 13.7. The third-order valence-electron chi connectivity index (χ3n) is 4.38. The van der Waals surface area contributed by atoms with E-state index in [0.717, 1.165) is 34.4 Å². The van der Waals surface area contributed by atoms with Crippen LogP contribution in [0.2, 0.25) is 5.02 Å². The van der Waals surface area contributed by atoms with Gasteiger partial charge in [-0.15, -0.1) is 22.7 Å². The van der Waals surface area contributed by atoms with Gasteiger partial charge in [0.15, 0.2) is 10.8 Å². The summed E-state index contributed by atoms with van der Waals surface area (Å²) in [4.78, 5) is 24.9. The minimum atomic E-state index is -0.449. The average Bonchev–Trinajstić information content (AvgIpc) is 3.32. The van der Waals surface area contributed by atoms with E-state index in [1.807, 2.05) is 16.8 Å². The Hall–Kier alpha value is -1.70. The number of thiophene rings is 1. The van der Waals surface area contributed by atoms with E-state index in [-0.39, 0.29) is 5.97 Å².